The number of hydrogen-bond acceptors (Lipinski definition) is 4. The molecule has 0 spiro atoms. The fraction of sp³-hybridized carbons (Fsp3) is 0.417. The van der Waals surface area contributed by atoms with Gasteiger partial charge < -0.3 is 14.7 Å². The highest BCUT2D eigenvalue weighted by Gasteiger charge is 2.28. The van der Waals surface area contributed by atoms with E-state index in [1.165, 1.54) is 11.8 Å². The molecule has 0 aliphatic carbocycles. The van der Waals surface area contributed by atoms with Crippen LogP contribution >= 0.6 is 11.8 Å². The third kappa shape index (κ3) is 3.14. The fourth-order valence-corrected chi connectivity index (χ4v) is 2.43. The Labute approximate surface area is 105 Å². The summed E-state index contributed by atoms with van der Waals surface area (Å²) in [6.45, 7) is 0.939. The number of carbonyl (C=O) groups excluding carboxylic acids is 1. The van der Waals surface area contributed by atoms with E-state index >= 15 is 0 Å². The molecule has 0 radical (unpaired) electrons. The van der Waals surface area contributed by atoms with Crippen LogP contribution in [0.2, 0.25) is 0 Å². The summed E-state index contributed by atoms with van der Waals surface area (Å²) in [5.41, 5.74) is 0. The molecule has 0 bridgehead atoms. The second-order valence-corrected chi connectivity index (χ2v) is 4.97. The van der Waals surface area contributed by atoms with Gasteiger partial charge in [0.2, 0.25) is 5.91 Å². The normalized spacial score (nSPS) is 15.5. The van der Waals surface area contributed by atoms with Gasteiger partial charge in [-0.15, -0.1) is 11.8 Å². The van der Waals surface area contributed by atoms with Crippen LogP contribution in [0.1, 0.15) is 0 Å². The summed E-state index contributed by atoms with van der Waals surface area (Å²) in [6.07, 6.45) is -0.333. The first-order chi connectivity index (χ1) is 8.19. The van der Waals surface area contributed by atoms with Crippen molar-refractivity contribution in [1.29, 1.82) is 0 Å². The molecule has 1 N–H and O–H groups in total. The Morgan fingerprint density at radius 2 is 2.35 bits per heavy atom. The molecule has 0 saturated carbocycles. The van der Waals surface area contributed by atoms with E-state index in [-0.39, 0.29) is 12.0 Å². The Hall–Kier alpha value is -1.20. The van der Waals surface area contributed by atoms with Gasteiger partial charge in [0.15, 0.2) is 0 Å². The smallest absolute Gasteiger partial charge is 0.233 e. The van der Waals surface area contributed by atoms with Crippen molar-refractivity contribution in [2.75, 3.05) is 26.0 Å². The topological polar surface area (TPSA) is 49.8 Å². The van der Waals surface area contributed by atoms with Gasteiger partial charge in [-0.05, 0) is 18.2 Å². The summed E-state index contributed by atoms with van der Waals surface area (Å²) < 4.78 is 5.11. The van der Waals surface area contributed by atoms with Crippen molar-refractivity contribution in [3.63, 3.8) is 0 Å². The van der Waals surface area contributed by atoms with Crippen molar-refractivity contribution in [3.05, 3.63) is 24.3 Å². The molecule has 1 aromatic rings. The number of nitrogens with zero attached hydrogens (tertiary/aromatic N) is 1. The largest absolute Gasteiger partial charge is 0.497 e. The number of aliphatic hydroxyl groups is 1. The summed E-state index contributed by atoms with van der Waals surface area (Å²) in [4.78, 5) is 14.3. The molecule has 1 saturated heterocycles. The van der Waals surface area contributed by atoms with Crippen molar-refractivity contribution in [2.24, 2.45) is 0 Å². The maximum absolute atomic E-state index is 11.7. The van der Waals surface area contributed by atoms with E-state index in [1.807, 2.05) is 24.3 Å². The quantitative estimate of drug-likeness (QED) is 0.813. The Kier molecular flexibility index (Phi) is 3.91. The van der Waals surface area contributed by atoms with Crippen molar-refractivity contribution >= 4 is 17.7 Å². The molecule has 5 heteroatoms. The first kappa shape index (κ1) is 12.3. The second-order valence-electron chi connectivity index (χ2n) is 3.92. The Bertz CT molecular complexity index is 404. The first-order valence-electron chi connectivity index (χ1n) is 5.41. The van der Waals surface area contributed by atoms with Crippen LogP contribution in [0.5, 0.6) is 5.75 Å². The van der Waals surface area contributed by atoms with Gasteiger partial charge >= 0.3 is 0 Å². The lowest BCUT2D eigenvalue weighted by Gasteiger charge is -2.35. The monoisotopic (exact) mass is 253 g/mol. The van der Waals surface area contributed by atoms with E-state index < -0.39 is 0 Å². The van der Waals surface area contributed by atoms with Crippen molar-refractivity contribution in [2.45, 2.75) is 11.0 Å². The Morgan fingerprint density at radius 3 is 3.00 bits per heavy atom. The molecular formula is C12H15NO3S. The van der Waals surface area contributed by atoms with Crippen LogP contribution in [0, 0.1) is 0 Å². The zero-order valence-electron chi connectivity index (χ0n) is 9.63. The van der Waals surface area contributed by atoms with E-state index in [9.17, 15) is 4.79 Å². The number of thioether (sulfide) groups is 1. The number of aliphatic hydroxyl groups excluding tert-OH is 1. The average Bonchev–Trinajstić information content (AvgIpc) is 2.32. The zero-order valence-corrected chi connectivity index (χ0v) is 10.4. The third-order valence-electron chi connectivity index (χ3n) is 2.62. The van der Waals surface area contributed by atoms with Crippen molar-refractivity contribution in [3.8, 4) is 5.75 Å². The molecule has 1 amide bonds. The molecule has 2 rings (SSSR count). The number of amides is 1. The fourth-order valence-electron chi connectivity index (χ4n) is 1.59. The number of ether oxygens (including phenoxy) is 1. The van der Waals surface area contributed by atoms with Gasteiger partial charge in [0, 0.05) is 18.0 Å². The van der Waals surface area contributed by atoms with E-state index in [1.54, 1.807) is 12.0 Å². The van der Waals surface area contributed by atoms with Crippen molar-refractivity contribution in [1.82, 2.24) is 4.90 Å². The van der Waals surface area contributed by atoms with Gasteiger partial charge in [-0.25, -0.2) is 0 Å². The van der Waals surface area contributed by atoms with Gasteiger partial charge in [-0.2, -0.15) is 0 Å². The second kappa shape index (κ2) is 5.42. The number of β-amino-alcohol motifs (C(OH)–C–C–N with tert-alkyl or cyclic N) is 1. The molecule has 92 valence electrons. The number of likely N-dealkylation sites (tertiary alicyclic amines) is 1. The summed E-state index contributed by atoms with van der Waals surface area (Å²) in [5.74, 6) is 1.27. The third-order valence-corrected chi connectivity index (χ3v) is 3.60. The molecule has 17 heavy (non-hydrogen) atoms. The van der Waals surface area contributed by atoms with Crippen LogP contribution in [0.4, 0.5) is 0 Å². The highest BCUT2D eigenvalue weighted by molar-refractivity contribution is 8.00. The van der Waals surface area contributed by atoms with Crippen LogP contribution in [-0.4, -0.2) is 48.0 Å². The minimum absolute atomic E-state index is 0.0723. The zero-order chi connectivity index (χ0) is 12.3. The maximum atomic E-state index is 11.7. The summed E-state index contributed by atoms with van der Waals surface area (Å²) in [6, 6.07) is 7.63. The lowest BCUT2D eigenvalue weighted by atomic mass is 10.2. The predicted octanol–water partition coefficient (Wildman–Crippen LogP) is 0.990. The minimum atomic E-state index is -0.333. The van der Waals surface area contributed by atoms with E-state index in [2.05, 4.69) is 0 Å². The van der Waals surface area contributed by atoms with E-state index in [0.717, 1.165) is 10.6 Å². The van der Waals surface area contributed by atoms with Crippen LogP contribution in [-0.2, 0) is 4.79 Å². The van der Waals surface area contributed by atoms with E-state index in [4.69, 9.17) is 9.84 Å². The Balaban J connectivity index is 1.82. The first-order valence-corrected chi connectivity index (χ1v) is 6.40. The number of hydrogen-bond donors (Lipinski definition) is 1. The van der Waals surface area contributed by atoms with Gasteiger partial charge in [-0.1, -0.05) is 6.07 Å². The molecule has 1 aromatic carbocycles. The van der Waals surface area contributed by atoms with Gasteiger partial charge in [0.05, 0.1) is 19.0 Å². The maximum Gasteiger partial charge on any atom is 0.233 e. The molecule has 0 unspecified atom stereocenters. The van der Waals surface area contributed by atoms with Gasteiger partial charge in [0.25, 0.3) is 0 Å². The summed E-state index contributed by atoms with van der Waals surface area (Å²) in [7, 11) is 1.62. The predicted molar refractivity (Wildman–Crippen MR) is 66.3 cm³/mol. The number of methoxy groups -OCH3 is 1. The molecule has 1 heterocycles. The molecule has 0 aromatic heterocycles. The van der Waals surface area contributed by atoms with Crippen LogP contribution in [0.3, 0.4) is 0 Å². The highest BCUT2D eigenvalue weighted by Crippen LogP contribution is 2.23. The highest BCUT2D eigenvalue weighted by atomic mass is 32.2. The number of benzene rings is 1. The van der Waals surface area contributed by atoms with Gasteiger partial charge in [-0.3, -0.25) is 4.79 Å². The molecular weight excluding hydrogens is 238 g/mol. The molecule has 4 nitrogen and oxygen atoms in total. The van der Waals surface area contributed by atoms with E-state index in [0.29, 0.717) is 18.8 Å². The van der Waals surface area contributed by atoms with Crippen LogP contribution in [0.25, 0.3) is 0 Å². The van der Waals surface area contributed by atoms with Crippen molar-refractivity contribution < 1.29 is 14.6 Å². The SMILES string of the molecule is COc1cccc(SCC(=O)N2CC(O)C2)c1. The minimum Gasteiger partial charge on any atom is -0.497 e. The van der Waals surface area contributed by atoms with Crippen LogP contribution < -0.4 is 4.74 Å². The standard InChI is InChI=1S/C12H15NO3S/c1-16-10-3-2-4-11(5-10)17-8-12(15)13-6-9(14)7-13/h2-5,9,14H,6-8H2,1H3. The number of rotatable bonds is 4. The summed E-state index contributed by atoms with van der Waals surface area (Å²) in [5, 5.41) is 9.10. The van der Waals surface area contributed by atoms with Crippen LogP contribution in [0.15, 0.2) is 29.2 Å². The van der Waals surface area contributed by atoms with Gasteiger partial charge in [0.1, 0.15) is 5.75 Å². The molecule has 0 atom stereocenters. The molecule has 1 aliphatic heterocycles. The Morgan fingerprint density at radius 1 is 1.59 bits per heavy atom. The average molecular weight is 253 g/mol. The summed E-state index contributed by atoms with van der Waals surface area (Å²) >= 11 is 1.48. The molecule has 1 aliphatic rings. The lowest BCUT2D eigenvalue weighted by molar-refractivity contribution is -0.138. The lowest BCUT2D eigenvalue weighted by Crippen LogP contribution is -2.54. The molecule has 1 fully saturated rings. The number of carbonyl (C=O) groups is 1.